The van der Waals surface area contributed by atoms with Crippen molar-refractivity contribution >= 4 is 23.2 Å². The molecule has 0 amide bonds. The molecule has 0 aromatic rings. The van der Waals surface area contributed by atoms with E-state index in [0.29, 0.717) is 30.7 Å². The van der Waals surface area contributed by atoms with E-state index in [0.717, 1.165) is 39.1 Å². The van der Waals surface area contributed by atoms with E-state index in [1.165, 1.54) is 12.8 Å². The van der Waals surface area contributed by atoms with E-state index >= 15 is 0 Å². The number of nitrogens with zero attached hydrogens (tertiary/aromatic N) is 1. The third-order valence-electron chi connectivity index (χ3n) is 7.74. The van der Waals surface area contributed by atoms with Gasteiger partial charge in [0.05, 0.1) is 23.8 Å². The van der Waals surface area contributed by atoms with E-state index in [9.17, 15) is 4.39 Å². The molecule has 174 valence electrons. The first-order valence-electron chi connectivity index (χ1n) is 11.7. The van der Waals surface area contributed by atoms with E-state index in [1.807, 2.05) is 6.92 Å². The van der Waals surface area contributed by atoms with Gasteiger partial charge in [-0.15, -0.1) is 23.2 Å². The van der Waals surface area contributed by atoms with Gasteiger partial charge in [-0.3, -0.25) is 10.7 Å². The summed E-state index contributed by atoms with van der Waals surface area (Å²) in [6, 6.07) is 0.628. The lowest BCUT2D eigenvalue weighted by Crippen LogP contribution is -2.58. The van der Waals surface area contributed by atoms with Gasteiger partial charge in [0.2, 0.25) is 0 Å². The summed E-state index contributed by atoms with van der Waals surface area (Å²) in [4.78, 5) is 0. The molecule has 1 aliphatic carbocycles. The molecule has 0 bridgehead atoms. The first-order valence-corrected chi connectivity index (χ1v) is 12.6. The number of hydrazine groups is 1. The monoisotopic (exact) mass is 465 g/mol. The number of nitrogens with two attached hydrogens (primary N) is 1. The molecule has 3 aliphatic heterocycles. The van der Waals surface area contributed by atoms with Gasteiger partial charge < -0.3 is 15.8 Å². The van der Waals surface area contributed by atoms with Crippen LogP contribution >= 0.6 is 23.2 Å². The molecular formula is C21H38Cl2FN5O. The van der Waals surface area contributed by atoms with Crippen LogP contribution in [0.15, 0.2) is 0 Å². The van der Waals surface area contributed by atoms with Crippen molar-refractivity contribution in [3.05, 3.63) is 0 Å². The van der Waals surface area contributed by atoms with Crippen LogP contribution in [0, 0.1) is 17.8 Å². The molecule has 0 aromatic heterocycles. The first kappa shape index (κ1) is 23.4. The molecule has 30 heavy (non-hydrogen) atoms. The second-order valence-corrected chi connectivity index (χ2v) is 10.8. The Balaban J connectivity index is 1.32. The molecule has 9 unspecified atom stereocenters. The standard InChI is InChI=1S/C21H38Cl2FN5O/c1-12(19-16(22)2-3-17(24)20(19)23)30-18-8-13(9-27-21(18)25)14-10-28-29(11-14)15-4-6-26-7-5-15/h12-21,26-28H,2-11,25H2,1H3. The van der Waals surface area contributed by atoms with Crippen LogP contribution in [0.4, 0.5) is 4.39 Å². The van der Waals surface area contributed by atoms with E-state index < -0.39 is 11.5 Å². The molecule has 1 saturated carbocycles. The number of hydrogen-bond acceptors (Lipinski definition) is 6. The average Bonchev–Trinajstić information content (AvgIpc) is 3.24. The van der Waals surface area contributed by atoms with Crippen LogP contribution in [0.3, 0.4) is 0 Å². The zero-order valence-electron chi connectivity index (χ0n) is 17.9. The van der Waals surface area contributed by atoms with Crippen LogP contribution in [-0.2, 0) is 4.74 Å². The molecule has 0 radical (unpaired) electrons. The summed E-state index contributed by atoms with van der Waals surface area (Å²) >= 11 is 12.9. The van der Waals surface area contributed by atoms with Crippen molar-refractivity contribution in [2.45, 2.75) is 80.4 Å². The molecule has 4 rings (SSSR count). The normalized spacial score (nSPS) is 45.5. The van der Waals surface area contributed by atoms with Gasteiger partial charge in [0.1, 0.15) is 6.17 Å². The van der Waals surface area contributed by atoms with Crippen LogP contribution < -0.4 is 21.8 Å². The van der Waals surface area contributed by atoms with Crippen molar-refractivity contribution in [3.8, 4) is 0 Å². The predicted octanol–water partition coefficient (Wildman–Crippen LogP) is 1.81. The lowest BCUT2D eigenvalue weighted by molar-refractivity contribution is -0.0808. The Morgan fingerprint density at radius 1 is 1.10 bits per heavy atom. The minimum Gasteiger partial charge on any atom is -0.372 e. The minimum absolute atomic E-state index is 0.112. The van der Waals surface area contributed by atoms with Gasteiger partial charge in [0, 0.05) is 30.4 Å². The molecule has 9 heteroatoms. The summed E-state index contributed by atoms with van der Waals surface area (Å²) in [6.45, 7) is 7.17. The number of rotatable bonds is 5. The zero-order valence-corrected chi connectivity index (χ0v) is 19.4. The van der Waals surface area contributed by atoms with Crippen LogP contribution in [0.5, 0.6) is 0 Å². The molecule has 0 aromatic carbocycles. The van der Waals surface area contributed by atoms with Crippen molar-refractivity contribution in [1.82, 2.24) is 21.1 Å². The Labute approximate surface area is 190 Å². The summed E-state index contributed by atoms with van der Waals surface area (Å²) < 4.78 is 20.6. The maximum atomic E-state index is 14.2. The highest BCUT2D eigenvalue weighted by atomic mass is 35.5. The fourth-order valence-electron chi connectivity index (χ4n) is 5.81. The van der Waals surface area contributed by atoms with E-state index in [-0.39, 0.29) is 29.7 Å². The van der Waals surface area contributed by atoms with Crippen molar-refractivity contribution in [1.29, 1.82) is 0 Å². The second-order valence-electron chi connectivity index (χ2n) is 9.70. The van der Waals surface area contributed by atoms with Gasteiger partial charge in [0.15, 0.2) is 0 Å². The number of piperidine rings is 2. The topological polar surface area (TPSA) is 74.6 Å². The second kappa shape index (κ2) is 10.5. The molecule has 6 nitrogen and oxygen atoms in total. The van der Waals surface area contributed by atoms with Gasteiger partial charge >= 0.3 is 0 Å². The Kier molecular flexibility index (Phi) is 8.18. The van der Waals surface area contributed by atoms with Crippen LogP contribution in [0.2, 0.25) is 0 Å². The fraction of sp³-hybridized carbons (Fsp3) is 1.00. The van der Waals surface area contributed by atoms with Gasteiger partial charge in [-0.25, -0.2) is 9.40 Å². The number of alkyl halides is 3. The Bertz CT molecular complexity index is 557. The average molecular weight is 466 g/mol. The Morgan fingerprint density at radius 3 is 2.63 bits per heavy atom. The Morgan fingerprint density at radius 2 is 1.87 bits per heavy atom. The molecule has 3 heterocycles. The zero-order chi connectivity index (χ0) is 21.3. The van der Waals surface area contributed by atoms with Gasteiger partial charge in [-0.05, 0) is 70.5 Å². The third kappa shape index (κ3) is 5.25. The van der Waals surface area contributed by atoms with Gasteiger partial charge in [0.25, 0.3) is 0 Å². The van der Waals surface area contributed by atoms with Crippen molar-refractivity contribution < 1.29 is 9.13 Å². The molecule has 9 atom stereocenters. The van der Waals surface area contributed by atoms with Crippen LogP contribution in [-0.4, -0.2) is 79.1 Å². The van der Waals surface area contributed by atoms with Crippen molar-refractivity contribution in [2.75, 3.05) is 32.7 Å². The molecule has 4 aliphatic rings. The quantitative estimate of drug-likeness (QED) is 0.464. The number of hydrogen-bond donors (Lipinski definition) is 4. The predicted molar refractivity (Wildman–Crippen MR) is 119 cm³/mol. The molecule has 5 N–H and O–H groups in total. The summed E-state index contributed by atoms with van der Waals surface area (Å²) in [5, 5.41) is 8.59. The lowest BCUT2D eigenvalue weighted by Gasteiger charge is -2.42. The Hall–Kier alpha value is 0.270. The van der Waals surface area contributed by atoms with E-state index in [2.05, 4.69) is 21.1 Å². The van der Waals surface area contributed by atoms with Crippen LogP contribution in [0.1, 0.15) is 39.0 Å². The number of nitrogens with one attached hydrogen (secondary N) is 3. The summed E-state index contributed by atoms with van der Waals surface area (Å²) in [5.41, 5.74) is 9.99. The SMILES string of the molecule is CC(OC1CC(C2CNN(C3CCNCC3)C2)CNC1N)C1C(Cl)CCC(F)C1Cl. The summed E-state index contributed by atoms with van der Waals surface area (Å²) in [7, 11) is 0. The smallest absolute Gasteiger partial charge is 0.117 e. The maximum Gasteiger partial charge on any atom is 0.117 e. The summed E-state index contributed by atoms with van der Waals surface area (Å²) in [6.07, 6.45) is 2.82. The largest absolute Gasteiger partial charge is 0.372 e. The fourth-order valence-corrected chi connectivity index (χ4v) is 6.87. The van der Waals surface area contributed by atoms with Gasteiger partial charge in [-0.2, -0.15) is 0 Å². The minimum atomic E-state index is -1.02. The highest BCUT2D eigenvalue weighted by Gasteiger charge is 2.44. The van der Waals surface area contributed by atoms with Crippen molar-refractivity contribution in [3.63, 3.8) is 0 Å². The molecule has 3 saturated heterocycles. The lowest BCUT2D eigenvalue weighted by atomic mass is 9.82. The first-order chi connectivity index (χ1) is 14.4. The highest BCUT2D eigenvalue weighted by molar-refractivity contribution is 6.24. The van der Waals surface area contributed by atoms with E-state index in [4.69, 9.17) is 33.7 Å². The number of ether oxygens (including phenoxy) is 1. The number of halogens is 3. The van der Waals surface area contributed by atoms with E-state index in [1.54, 1.807) is 0 Å². The van der Waals surface area contributed by atoms with Crippen molar-refractivity contribution in [2.24, 2.45) is 23.5 Å². The highest BCUT2D eigenvalue weighted by Crippen LogP contribution is 2.38. The molecular weight excluding hydrogens is 428 g/mol. The van der Waals surface area contributed by atoms with Gasteiger partial charge in [-0.1, -0.05) is 0 Å². The molecule has 0 spiro atoms. The summed E-state index contributed by atoms with van der Waals surface area (Å²) in [5.74, 6) is 0.876. The van der Waals surface area contributed by atoms with Crippen LogP contribution in [0.25, 0.3) is 0 Å². The third-order valence-corrected chi connectivity index (χ3v) is 8.81. The molecule has 4 fully saturated rings. The maximum absolute atomic E-state index is 14.2.